The quantitative estimate of drug-likeness (QED) is 0.0319. The number of aliphatic carboxylic acids is 1. The van der Waals surface area contributed by atoms with Crippen LogP contribution in [0.3, 0.4) is 0 Å². The second-order valence-electron chi connectivity index (χ2n) is 32.2. The fourth-order valence-electron chi connectivity index (χ4n) is 11.3. The van der Waals surface area contributed by atoms with E-state index in [1.54, 1.807) is 0 Å². The van der Waals surface area contributed by atoms with Crippen LogP contribution < -0.4 is 64.2 Å². The first kappa shape index (κ1) is 90.6. The van der Waals surface area contributed by atoms with Gasteiger partial charge in [0, 0.05) is 0 Å². The molecule has 0 aromatic heterocycles. The lowest BCUT2D eigenvalue weighted by molar-refractivity contribution is -0.143. The zero-order chi connectivity index (χ0) is 75.0. The molecule has 0 unspecified atom stereocenters. The third kappa shape index (κ3) is 38.5. The summed E-state index contributed by atoms with van der Waals surface area (Å²) in [6, 6.07) is -13.6. The SMILES string of the molecule is CC(C)C[C@H](NC(=O)[C@H](CC(C)C)NC(=O)[C@H](CC(C)C)NC(=O)[C@H](CC(C)C)NC(=O)[C@H](CC(C)C)NC(=O)[C@H](CC(C)C)NC(=O)[C@H](CC(C)C)NC(=O)[C@H](CC(C)C)NC(=O)[C@H](CC(C)C)NC(=O)[C@H](CC(C)C)NC(=O)[C@H](CC(C)C)NC(=O)[C@@H](N)CC(C)C)C(=O)O. The number of carboxylic acids is 1. The van der Waals surface area contributed by atoms with Gasteiger partial charge in [0.05, 0.1) is 6.04 Å². The summed E-state index contributed by atoms with van der Waals surface area (Å²) in [6.07, 6.45) is 2.14. The van der Waals surface area contributed by atoms with Crippen LogP contribution in [0.1, 0.15) is 243 Å². The van der Waals surface area contributed by atoms with Crippen LogP contribution in [0.25, 0.3) is 0 Å². The molecule has 0 aliphatic heterocycles. The minimum absolute atomic E-state index is 0.0105. The maximum Gasteiger partial charge on any atom is 0.326 e. The fraction of sp³-hybridized carbons (Fsp3) is 0.833. The van der Waals surface area contributed by atoms with E-state index in [2.05, 4.69) is 58.5 Å². The Morgan fingerprint density at radius 3 is 0.412 bits per heavy atom. The molecule has 0 aromatic carbocycles. The molecule has 0 fully saturated rings. The smallest absolute Gasteiger partial charge is 0.326 e. The Morgan fingerprint density at radius 2 is 0.299 bits per heavy atom. The molecule has 12 atom stereocenters. The molecule has 11 amide bonds. The Bertz CT molecular complexity index is 2500. The second kappa shape index (κ2) is 45.3. The highest BCUT2D eigenvalue weighted by Crippen LogP contribution is 2.19. The highest BCUT2D eigenvalue weighted by atomic mass is 16.4. The van der Waals surface area contributed by atoms with E-state index in [1.807, 2.05) is 166 Å². The Morgan fingerprint density at radius 1 is 0.196 bits per heavy atom. The van der Waals surface area contributed by atoms with E-state index >= 15 is 0 Å². The molecule has 0 saturated heterocycles. The van der Waals surface area contributed by atoms with E-state index in [-0.39, 0.29) is 142 Å². The standard InChI is InChI=1S/C72H134N12O13/c1-37(2)25-49(73)61(85)74-50(26-38(3)4)62(86)75-51(27-39(5)6)63(87)76-52(28-40(7)8)64(88)77-53(29-41(9)10)65(89)78-54(30-42(11)12)66(90)79-55(31-43(13)14)67(91)80-56(32-44(15)16)68(92)81-57(33-45(17)18)69(93)82-58(34-46(19)20)70(94)83-59(35-47(21)22)71(95)84-60(72(96)97)36-48(23)24/h37-60H,25-36,73H2,1-24H3,(H,74,85)(H,75,86)(H,76,87)(H,77,88)(H,78,89)(H,79,90)(H,80,91)(H,81,92)(H,82,93)(H,83,94)(H,84,95)(H,96,97)/t49-,50-,51-,52-,53-,54-,55-,56-,57-,58-,59-,60-/m0/s1. The number of nitrogens with two attached hydrogens (primary N) is 1. The van der Waals surface area contributed by atoms with Gasteiger partial charge in [0.25, 0.3) is 0 Å². The van der Waals surface area contributed by atoms with Gasteiger partial charge in [0.2, 0.25) is 65.0 Å². The predicted molar refractivity (Wildman–Crippen MR) is 380 cm³/mol. The Hall–Kier alpha value is -6.40. The van der Waals surface area contributed by atoms with Gasteiger partial charge >= 0.3 is 5.97 Å². The number of carboxylic acid groups (broad SMARTS) is 1. The van der Waals surface area contributed by atoms with Gasteiger partial charge in [-0.05, 0) is 148 Å². The highest BCUT2D eigenvalue weighted by Gasteiger charge is 2.38. The summed E-state index contributed by atoms with van der Waals surface area (Å²) < 4.78 is 0. The van der Waals surface area contributed by atoms with Crippen molar-refractivity contribution in [3.8, 4) is 0 Å². The monoisotopic (exact) mass is 1380 g/mol. The van der Waals surface area contributed by atoms with Gasteiger partial charge in [-0.25, -0.2) is 4.79 Å². The number of carbonyl (C=O) groups is 12. The summed E-state index contributed by atoms with van der Waals surface area (Å²) in [5.41, 5.74) is 6.18. The van der Waals surface area contributed by atoms with Crippen LogP contribution in [-0.4, -0.2) is 149 Å². The molecule has 0 aliphatic carbocycles. The van der Waals surface area contributed by atoms with Gasteiger partial charge < -0.3 is 69.3 Å². The number of nitrogens with one attached hydrogen (secondary N) is 11. The molecule has 0 spiro atoms. The molecule has 0 bridgehead atoms. The number of rotatable bonds is 47. The molecule has 0 aromatic rings. The van der Waals surface area contributed by atoms with Crippen LogP contribution in [0.4, 0.5) is 0 Å². The molecule has 0 heterocycles. The van der Waals surface area contributed by atoms with Crippen molar-refractivity contribution in [3.05, 3.63) is 0 Å². The van der Waals surface area contributed by atoms with Gasteiger partial charge in [-0.1, -0.05) is 166 Å². The molecule has 25 nitrogen and oxygen atoms in total. The van der Waals surface area contributed by atoms with E-state index < -0.39 is 143 Å². The van der Waals surface area contributed by atoms with Gasteiger partial charge in [0.15, 0.2) is 0 Å². The maximum atomic E-state index is 14.6. The summed E-state index contributed by atoms with van der Waals surface area (Å²) in [7, 11) is 0. The van der Waals surface area contributed by atoms with Gasteiger partial charge in [-0.15, -0.1) is 0 Å². The summed E-state index contributed by atoms with van der Waals surface area (Å²) in [5.74, 6) is -9.51. The number of carbonyl (C=O) groups excluding carboxylic acids is 11. The van der Waals surface area contributed by atoms with Crippen molar-refractivity contribution in [2.24, 2.45) is 76.7 Å². The number of hydrogen-bond acceptors (Lipinski definition) is 13. The molecular formula is C72H134N12O13. The molecular weight excluding hydrogens is 1240 g/mol. The Kier molecular flexibility index (Phi) is 42.3. The van der Waals surface area contributed by atoms with Gasteiger partial charge in [-0.3, -0.25) is 52.7 Å². The van der Waals surface area contributed by atoms with Crippen molar-refractivity contribution in [2.45, 2.75) is 316 Å². The van der Waals surface area contributed by atoms with E-state index in [0.717, 1.165) is 0 Å². The van der Waals surface area contributed by atoms with E-state index in [1.165, 1.54) is 0 Å². The van der Waals surface area contributed by atoms with Crippen molar-refractivity contribution in [1.29, 1.82) is 0 Å². The Labute approximate surface area is 582 Å². The molecule has 0 rings (SSSR count). The minimum atomic E-state index is -1.22. The van der Waals surface area contributed by atoms with Crippen LogP contribution in [0, 0.1) is 71.0 Å². The number of amides is 11. The summed E-state index contributed by atoms with van der Waals surface area (Å²) in [6.45, 7) is 44.9. The fourth-order valence-corrected chi connectivity index (χ4v) is 11.3. The van der Waals surface area contributed by atoms with E-state index in [9.17, 15) is 62.6 Å². The minimum Gasteiger partial charge on any atom is -0.480 e. The highest BCUT2D eigenvalue weighted by molar-refractivity contribution is 5.99. The van der Waals surface area contributed by atoms with E-state index in [0.29, 0.717) is 6.42 Å². The van der Waals surface area contributed by atoms with Crippen LogP contribution in [-0.2, 0) is 57.5 Å². The lowest BCUT2D eigenvalue weighted by Crippen LogP contribution is -2.61. The van der Waals surface area contributed by atoms with Crippen LogP contribution >= 0.6 is 0 Å². The average molecular weight is 1380 g/mol. The topological polar surface area (TPSA) is 383 Å². The lowest BCUT2D eigenvalue weighted by atomic mass is 9.97. The first-order valence-corrected chi connectivity index (χ1v) is 36.1. The zero-order valence-corrected chi connectivity index (χ0v) is 63.8. The molecule has 25 heteroatoms. The summed E-state index contributed by atoms with van der Waals surface area (Å²) in [5, 5.41) is 40.8. The molecule has 97 heavy (non-hydrogen) atoms. The molecule has 560 valence electrons. The first-order valence-electron chi connectivity index (χ1n) is 36.1. The van der Waals surface area contributed by atoms with Gasteiger partial charge in [0.1, 0.15) is 66.5 Å². The van der Waals surface area contributed by atoms with E-state index in [4.69, 9.17) is 5.73 Å². The first-order chi connectivity index (χ1) is 44.7. The zero-order valence-electron chi connectivity index (χ0n) is 63.8. The van der Waals surface area contributed by atoms with Gasteiger partial charge in [-0.2, -0.15) is 0 Å². The molecule has 14 N–H and O–H groups in total. The van der Waals surface area contributed by atoms with Crippen LogP contribution in [0.5, 0.6) is 0 Å². The van der Waals surface area contributed by atoms with Crippen molar-refractivity contribution >= 4 is 70.9 Å². The predicted octanol–water partition coefficient (Wildman–Crippen LogP) is 6.28. The molecule has 0 radical (unpaired) electrons. The maximum absolute atomic E-state index is 14.6. The van der Waals surface area contributed by atoms with Crippen molar-refractivity contribution in [2.75, 3.05) is 0 Å². The van der Waals surface area contributed by atoms with Crippen LogP contribution in [0.15, 0.2) is 0 Å². The number of hydrogen-bond donors (Lipinski definition) is 13. The summed E-state index contributed by atoms with van der Waals surface area (Å²) >= 11 is 0. The third-order valence-corrected chi connectivity index (χ3v) is 15.8. The largest absolute Gasteiger partial charge is 0.480 e. The normalized spacial score (nSPS) is 15.7. The lowest BCUT2D eigenvalue weighted by Gasteiger charge is -2.30. The third-order valence-electron chi connectivity index (χ3n) is 15.8. The van der Waals surface area contributed by atoms with Crippen molar-refractivity contribution in [1.82, 2.24) is 58.5 Å². The second-order valence-corrected chi connectivity index (χ2v) is 32.2. The van der Waals surface area contributed by atoms with Crippen molar-refractivity contribution < 1.29 is 62.6 Å². The van der Waals surface area contributed by atoms with Crippen LogP contribution in [0.2, 0.25) is 0 Å². The molecule has 0 aliphatic rings. The summed E-state index contributed by atoms with van der Waals surface area (Å²) in [4.78, 5) is 169. The Balaban J connectivity index is 7.02. The average Bonchev–Trinajstić information content (AvgIpc) is 0.913. The van der Waals surface area contributed by atoms with Crippen molar-refractivity contribution in [3.63, 3.8) is 0 Å². The molecule has 0 saturated carbocycles.